The van der Waals surface area contributed by atoms with Gasteiger partial charge in [0.2, 0.25) is 11.8 Å². The van der Waals surface area contributed by atoms with Crippen LogP contribution in [0.4, 0.5) is 0 Å². The molecule has 0 aliphatic carbocycles. The van der Waals surface area contributed by atoms with Crippen molar-refractivity contribution in [3.8, 4) is 0 Å². The Morgan fingerprint density at radius 3 is 1.86 bits per heavy atom. The maximum atomic E-state index is 13.2. The quantitative estimate of drug-likeness (QED) is 0.320. The summed E-state index contributed by atoms with van der Waals surface area (Å²) in [5.41, 5.74) is -0.584. The maximum absolute atomic E-state index is 13.2. The van der Waals surface area contributed by atoms with Crippen LogP contribution in [0.25, 0.3) is 0 Å². The second kappa shape index (κ2) is 9.40. The fourth-order valence-electron chi connectivity index (χ4n) is 2.27. The molecule has 10 heteroatoms. The minimum absolute atomic E-state index is 0. The maximum Gasteiger partial charge on any atom is 0.390 e. The Bertz CT molecular complexity index is 883. The zero-order chi connectivity index (χ0) is 20.6. The van der Waals surface area contributed by atoms with Crippen LogP contribution in [0.3, 0.4) is 0 Å². The summed E-state index contributed by atoms with van der Waals surface area (Å²) < 4.78 is -0.382. The van der Waals surface area contributed by atoms with E-state index in [1.54, 1.807) is 32.9 Å². The molecule has 4 nitrogen and oxygen atoms in total. The van der Waals surface area contributed by atoms with Crippen LogP contribution < -0.4 is 0 Å². The Morgan fingerprint density at radius 1 is 0.893 bits per heavy atom. The van der Waals surface area contributed by atoms with Gasteiger partial charge in [0.1, 0.15) is 5.54 Å². The summed E-state index contributed by atoms with van der Waals surface area (Å²) in [5, 5.41) is 0.929. The Hall–Kier alpha value is -0.720. The molecule has 0 bridgehead atoms. The average Bonchev–Trinajstić information content (AvgIpc) is 2.61. The number of benzene rings is 2. The van der Waals surface area contributed by atoms with E-state index in [2.05, 4.69) is 0 Å². The fourth-order valence-corrected chi connectivity index (χ4v) is 3.26. The minimum Gasteiger partial charge on any atom is -0.262 e. The van der Waals surface area contributed by atoms with Crippen LogP contribution in [-0.2, 0) is 0 Å². The van der Waals surface area contributed by atoms with E-state index in [1.165, 1.54) is 30.3 Å². The van der Waals surface area contributed by atoms with Crippen molar-refractivity contribution in [3.63, 3.8) is 0 Å². The predicted molar refractivity (Wildman–Crippen MR) is 117 cm³/mol. The molecule has 0 heterocycles. The van der Waals surface area contributed by atoms with Gasteiger partial charge in [-0.05, 0) is 67.3 Å². The number of quaternary nitrogens is 1. The van der Waals surface area contributed by atoms with Gasteiger partial charge >= 0.3 is 11.8 Å². The van der Waals surface area contributed by atoms with Crippen LogP contribution in [0.2, 0.25) is 15.1 Å². The number of hydrogen-bond donors (Lipinski definition) is 0. The van der Waals surface area contributed by atoms with Gasteiger partial charge in [-0.1, -0.05) is 39.3 Å². The lowest BCUT2D eigenvalue weighted by molar-refractivity contribution is -0.871. The highest BCUT2D eigenvalue weighted by Gasteiger charge is 2.56. The molecule has 0 fully saturated rings. The molecule has 2 amide bonds. The first-order valence-corrected chi connectivity index (χ1v) is 9.55. The van der Waals surface area contributed by atoms with E-state index in [-0.39, 0.29) is 33.6 Å². The summed E-state index contributed by atoms with van der Waals surface area (Å²) in [4.78, 5) is 26.1. The highest BCUT2D eigenvalue weighted by molar-refractivity contribution is 6.42. The van der Waals surface area contributed by atoms with Gasteiger partial charge in [-0.2, -0.15) is 0 Å². The van der Waals surface area contributed by atoms with Crippen LogP contribution >= 0.6 is 70.8 Å². The van der Waals surface area contributed by atoms with Gasteiger partial charge in [-0.25, -0.2) is 4.79 Å². The molecule has 2 aromatic rings. The molecule has 0 radical (unpaired) electrons. The number of amides is 2. The third-order valence-corrected chi connectivity index (χ3v) is 6.09. The number of halogens is 6. The highest BCUT2D eigenvalue weighted by Crippen LogP contribution is 2.37. The van der Waals surface area contributed by atoms with E-state index in [0.29, 0.717) is 9.55 Å². The van der Waals surface area contributed by atoms with Crippen molar-refractivity contribution in [1.29, 1.82) is 0 Å². The van der Waals surface area contributed by atoms with Crippen molar-refractivity contribution < 1.29 is 13.7 Å². The first-order valence-electron chi connectivity index (χ1n) is 7.74. The van der Waals surface area contributed by atoms with Gasteiger partial charge in [-0.15, -0.1) is 12.4 Å². The summed E-state index contributed by atoms with van der Waals surface area (Å²) in [7, 11) is 0. The van der Waals surface area contributed by atoms with Crippen molar-refractivity contribution in [2.24, 2.45) is 0 Å². The second-order valence-electron chi connectivity index (χ2n) is 6.73. The van der Waals surface area contributed by atoms with E-state index < -0.39 is 21.5 Å². The number of rotatable bonds is 2. The van der Waals surface area contributed by atoms with Crippen LogP contribution in [0.5, 0.6) is 0 Å². The molecule has 2 rings (SSSR count). The van der Waals surface area contributed by atoms with E-state index in [0.717, 1.165) is 0 Å². The van der Waals surface area contributed by atoms with Crippen LogP contribution in [-0.4, -0.2) is 26.0 Å². The molecule has 0 aliphatic rings. The Kier molecular flexibility index (Phi) is 8.49. The second-order valence-corrected chi connectivity index (χ2v) is 8.79. The average molecular weight is 506 g/mol. The summed E-state index contributed by atoms with van der Waals surface area (Å²) in [6.07, 6.45) is 0. The van der Waals surface area contributed by atoms with Crippen molar-refractivity contribution in [2.45, 2.75) is 26.3 Å². The minimum atomic E-state index is -1.03. The molecule has 28 heavy (non-hydrogen) atoms. The van der Waals surface area contributed by atoms with Crippen molar-refractivity contribution >= 4 is 82.6 Å². The summed E-state index contributed by atoms with van der Waals surface area (Å²) in [5.74, 6) is -1.30. The fraction of sp³-hybridized carbons (Fsp3) is 0.222. The lowest BCUT2D eigenvalue weighted by Crippen LogP contribution is -2.64. The number of nitrogens with zero attached hydrogens (tertiary/aromatic N) is 2. The molecular weight excluding hydrogens is 489 g/mol. The van der Waals surface area contributed by atoms with Gasteiger partial charge in [0.05, 0.1) is 27.4 Å². The molecule has 2 aromatic carbocycles. The van der Waals surface area contributed by atoms with E-state index in [9.17, 15) is 9.59 Å². The monoisotopic (exact) mass is 503 g/mol. The van der Waals surface area contributed by atoms with Crippen LogP contribution in [0.1, 0.15) is 41.5 Å². The molecule has 1 atom stereocenters. The van der Waals surface area contributed by atoms with Gasteiger partial charge in [0.15, 0.2) is 0 Å². The molecule has 0 aromatic heterocycles. The Balaban J connectivity index is 0.00000392. The van der Waals surface area contributed by atoms with Gasteiger partial charge in [-0.3, -0.25) is 4.79 Å². The lowest BCUT2D eigenvalue weighted by Gasteiger charge is -2.40. The highest BCUT2D eigenvalue weighted by atomic mass is 35.5. The zero-order valence-electron chi connectivity index (χ0n) is 15.1. The number of carbonyl (C=O) groups excluding carboxylic acids is 2. The zero-order valence-corrected chi connectivity index (χ0v) is 19.6. The third-order valence-electron chi connectivity index (χ3n) is 3.83. The number of carbonyl (C=O) groups is 2. The van der Waals surface area contributed by atoms with Crippen LogP contribution in [0, 0.1) is 0 Å². The Morgan fingerprint density at radius 2 is 1.39 bits per heavy atom. The smallest absolute Gasteiger partial charge is 0.262 e. The SMILES string of the molecule is CC(C)(C)[N+](Cl)(C(=O)c1ccc(Cl)cc1)N(Cl)C(=O)c1ccc(Cl)c(Cl)c1.Cl. The molecule has 0 N–H and O–H groups in total. The summed E-state index contributed by atoms with van der Waals surface area (Å²) >= 11 is 30.7. The first-order chi connectivity index (χ1) is 12.4. The predicted octanol–water partition coefficient (Wildman–Crippen LogP) is 7.19. The van der Waals surface area contributed by atoms with Gasteiger partial charge in [0, 0.05) is 10.6 Å². The summed E-state index contributed by atoms with van der Waals surface area (Å²) in [6.45, 7) is 5.06. The van der Waals surface area contributed by atoms with E-state index in [4.69, 9.17) is 58.4 Å². The molecular formula is C18H17Cl6N2O2+. The lowest BCUT2D eigenvalue weighted by atomic mass is 10.1. The third kappa shape index (κ3) is 4.88. The molecule has 0 saturated heterocycles. The summed E-state index contributed by atoms with van der Waals surface area (Å²) in [6, 6.07) is 10.4. The van der Waals surface area contributed by atoms with Gasteiger partial charge in [0.25, 0.3) is 0 Å². The molecule has 152 valence electrons. The molecule has 0 spiro atoms. The van der Waals surface area contributed by atoms with E-state index >= 15 is 0 Å². The van der Waals surface area contributed by atoms with E-state index in [1.807, 2.05) is 0 Å². The van der Waals surface area contributed by atoms with Crippen molar-refractivity contribution in [1.82, 2.24) is 4.53 Å². The molecule has 1 unspecified atom stereocenters. The largest absolute Gasteiger partial charge is 0.390 e. The first kappa shape index (κ1) is 25.3. The number of hydrogen-bond acceptors (Lipinski definition) is 2. The normalized spacial score (nSPS) is 13.3. The topological polar surface area (TPSA) is 37.4 Å². The van der Waals surface area contributed by atoms with Gasteiger partial charge < -0.3 is 0 Å². The Labute approximate surface area is 195 Å². The standard InChI is InChI=1S/C18H16Cl5N2O2.ClH/c1-18(2,3)25(23,17(27)11-4-7-13(19)8-5-11)24(22)16(26)12-6-9-14(20)15(21)10-12;/h4-10H,1-3H3;1H/q+1;. The molecule has 0 saturated carbocycles. The molecule has 0 aliphatic heterocycles. The van der Waals surface area contributed by atoms with Crippen molar-refractivity contribution in [2.75, 3.05) is 0 Å². The van der Waals surface area contributed by atoms with Crippen molar-refractivity contribution in [3.05, 3.63) is 68.7 Å². The van der Waals surface area contributed by atoms with Crippen LogP contribution in [0.15, 0.2) is 42.5 Å².